The van der Waals surface area contributed by atoms with Crippen molar-refractivity contribution in [2.75, 3.05) is 17.3 Å². The predicted molar refractivity (Wildman–Crippen MR) is 84.5 cm³/mol. The molecule has 0 aliphatic heterocycles. The SMILES string of the molecule is CSC1CCCCC1Nc1nc(N)nc(-n2ccnc2)n1. The maximum absolute atomic E-state index is 5.80. The summed E-state index contributed by atoms with van der Waals surface area (Å²) in [5.41, 5.74) is 5.80. The number of hydrogen-bond acceptors (Lipinski definition) is 7. The van der Waals surface area contributed by atoms with Crippen molar-refractivity contribution < 1.29 is 0 Å². The van der Waals surface area contributed by atoms with Gasteiger partial charge in [0.1, 0.15) is 6.33 Å². The number of nitrogens with zero attached hydrogens (tertiary/aromatic N) is 5. The molecular weight excluding hydrogens is 286 g/mol. The molecule has 3 N–H and O–H groups in total. The Morgan fingerprint density at radius 2 is 2.14 bits per heavy atom. The molecule has 21 heavy (non-hydrogen) atoms. The summed E-state index contributed by atoms with van der Waals surface area (Å²) in [6.45, 7) is 0. The first-order valence-electron chi connectivity index (χ1n) is 7.05. The summed E-state index contributed by atoms with van der Waals surface area (Å²) >= 11 is 1.90. The van der Waals surface area contributed by atoms with Crippen molar-refractivity contribution >= 4 is 23.7 Å². The van der Waals surface area contributed by atoms with Gasteiger partial charge in [0.05, 0.1) is 0 Å². The Morgan fingerprint density at radius 3 is 2.90 bits per heavy atom. The lowest BCUT2D eigenvalue weighted by atomic mass is 9.95. The van der Waals surface area contributed by atoms with Crippen LogP contribution in [0.4, 0.5) is 11.9 Å². The highest BCUT2D eigenvalue weighted by Gasteiger charge is 2.25. The number of nitrogens with one attached hydrogen (secondary N) is 1. The van der Waals surface area contributed by atoms with E-state index in [1.165, 1.54) is 19.3 Å². The zero-order valence-electron chi connectivity index (χ0n) is 11.9. The van der Waals surface area contributed by atoms with E-state index in [0.29, 0.717) is 23.2 Å². The lowest BCUT2D eigenvalue weighted by Gasteiger charge is -2.30. The van der Waals surface area contributed by atoms with Crippen LogP contribution in [0.1, 0.15) is 25.7 Å². The van der Waals surface area contributed by atoms with Crippen molar-refractivity contribution in [1.29, 1.82) is 0 Å². The summed E-state index contributed by atoms with van der Waals surface area (Å²) in [4.78, 5) is 16.8. The van der Waals surface area contributed by atoms with Gasteiger partial charge in [-0.15, -0.1) is 0 Å². The molecule has 2 atom stereocenters. The van der Waals surface area contributed by atoms with Crippen molar-refractivity contribution in [2.45, 2.75) is 37.0 Å². The third-order valence-electron chi connectivity index (χ3n) is 3.70. The van der Waals surface area contributed by atoms with Gasteiger partial charge in [-0.3, -0.25) is 4.57 Å². The van der Waals surface area contributed by atoms with Gasteiger partial charge in [0, 0.05) is 23.7 Å². The van der Waals surface area contributed by atoms with Gasteiger partial charge >= 0.3 is 0 Å². The van der Waals surface area contributed by atoms with Gasteiger partial charge in [-0.05, 0) is 19.1 Å². The third-order valence-corrected chi connectivity index (χ3v) is 4.87. The fourth-order valence-corrected chi connectivity index (χ4v) is 3.58. The number of imidazole rings is 1. The van der Waals surface area contributed by atoms with Crippen molar-refractivity contribution in [1.82, 2.24) is 24.5 Å². The Balaban J connectivity index is 1.82. The highest BCUT2D eigenvalue weighted by Crippen LogP contribution is 2.29. The van der Waals surface area contributed by atoms with Gasteiger partial charge in [0.25, 0.3) is 0 Å². The highest BCUT2D eigenvalue weighted by atomic mass is 32.2. The molecule has 0 aromatic carbocycles. The van der Waals surface area contributed by atoms with E-state index in [0.717, 1.165) is 6.42 Å². The Kier molecular flexibility index (Phi) is 4.23. The maximum Gasteiger partial charge on any atom is 0.241 e. The smallest absolute Gasteiger partial charge is 0.241 e. The van der Waals surface area contributed by atoms with E-state index in [2.05, 4.69) is 31.5 Å². The number of thioether (sulfide) groups is 1. The van der Waals surface area contributed by atoms with Crippen LogP contribution >= 0.6 is 11.8 Å². The average molecular weight is 305 g/mol. The molecule has 112 valence electrons. The minimum absolute atomic E-state index is 0.215. The molecule has 1 fully saturated rings. The van der Waals surface area contributed by atoms with Gasteiger partial charge in [-0.2, -0.15) is 26.7 Å². The van der Waals surface area contributed by atoms with Crippen LogP contribution in [0.3, 0.4) is 0 Å². The second-order valence-electron chi connectivity index (χ2n) is 5.10. The monoisotopic (exact) mass is 305 g/mol. The topological polar surface area (TPSA) is 94.5 Å². The molecule has 0 spiro atoms. The van der Waals surface area contributed by atoms with Crippen molar-refractivity contribution in [3.8, 4) is 5.95 Å². The molecule has 8 heteroatoms. The molecule has 7 nitrogen and oxygen atoms in total. The fraction of sp³-hybridized carbons (Fsp3) is 0.538. The molecule has 0 radical (unpaired) electrons. The molecule has 1 saturated carbocycles. The molecule has 0 saturated heterocycles. The Hall–Kier alpha value is -1.83. The van der Waals surface area contributed by atoms with E-state index in [9.17, 15) is 0 Å². The van der Waals surface area contributed by atoms with Crippen LogP contribution in [0.15, 0.2) is 18.7 Å². The normalized spacial score (nSPS) is 22.1. The first-order chi connectivity index (χ1) is 10.3. The second-order valence-corrected chi connectivity index (χ2v) is 6.17. The van der Waals surface area contributed by atoms with E-state index in [1.807, 2.05) is 11.8 Å². The number of anilines is 2. The van der Waals surface area contributed by atoms with Crippen molar-refractivity contribution in [2.24, 2.45) is 0 Å². The highest BCUT2D eigenvalue weighted by molar-refractivity contribution is 7.99. The first kappa shape index (κ1) is 14.1. The van der Waals surface area contributed by atoms with E-state index >= 15 is 0 Å². The standard InChI is InChI=1S/C13H19N7S/c1-21-10-5-3-2-4-9(10)16-12-17-11(14)18-13(19-12)20-7-6-15-8-20/h6-10H,2-5H2,1H3,(H3,14,16,17,18,19). The van der Waals surface area contributed by atoms with Gasteiger partial charge in [0.15, 0.2) is 0 Å². The van der Waals surface area contributed by atoms with Gasteiger partial charge < -0.3 is 11.1 Å². The van der Waals surface area contributed by atoms with Gasteiger partial charge in [0.2, 0.25) is 17.8 Å². The Labute approximate surface area is 127 Å². The quantitative estimate of drug-likeness (QED) is 0.888. The van der Waals surface area contributed by atoms with E-state index in [-0.39, 0.29) is 5.95 Å². The van der Waals surface area contributed by atoms with Crippen LogP contribution in [0.2, 0.25) is 0 Å². The van der Waals surface area contributed by atoms with Crippen LogP contribution in [0.25, 0.3) is 5.95 Å². The summed E-state index contributed by atoms with van der Waals surface area (Å²) in [7, 11) is 0. The number of nitrogens with two attached hydrogens (primary N) is 1. The Bertz CT molecular complexity index is 586. The second kappa shape index (κ2) is 6.30. The van der Waals surface area contributed by atoms with E-state index in [1.54, 1.807) is 23.3 Å². The summed E-state index contributed by atoms with van der Waals surface area (Å²) < 4.78 is 1.72. The number of hydrogen-bond donors (Lipinski definition) is 2. The summed E-state index contributed by atoms with van der Waals surface area (Å²) in [6, 6.07) is 0.381. The van der Waals surface area contributed by atoms with Crippen LogP contribution in [-0.4, -0.2) is 42.1 Å². The third kappa shape index (κ3) is 3.26. The molecule has 0 bridgehead atoms. The van der Waals surface area contributed by atoms with Crippen LogP contribution in [0, 0.1) is 0 Å². The summed E-state index contributed by atoms with van der Waals surface area (Å²) in [5, 5.41) is 4.02. The summed E-state index contributed by atoms with van der Waals surface area (Å²) in [5.74, 6) is 1.24. The minimum Gasteiger partial charge on any atom is -0.368 e. The molecule has 3 rings (SSSR count). The average Bonchev–Trinajstić information content (AvgIpc) is 3.01. The molecule has 0 amide bonds. The van der Waals surface area contributed by atoms with Crippen molar-refractivity contribution in [3.63, 3.8) is 0 Å². The van der Waals surface area contributed by atoms with E-state index in [4.69, 9.17) is 5.73 Å². The molecule has 2 aromatic heterocycles. The van der Waals surface area contributed by atoms with Crippen LogP contribution < -0.4 is 11.1 Å². The van der Waals surface area contributed by atoms with E-state index < -0.39 is 0 Å². The zero-order valence-corrected chi connectivity index (χ0v) is 12.8. The fourth-order valence-electron chi connectivity index (χ4n) is 2.65. The lowest BCUT2D eigenvalue weighted by molar-refractivity contribution is 0.473. The largest absolute Gasteiger partial charge is 0.368 e. The van der Waals surface area contributed by atoms with Crippen LogP contribution in [-0.2, 0) is 0 Å². The van der Waals surface area contributed by atoms with Gasteiger partial charge in [-0.1, -0.05) is 12.8 Å². The first-order valence-corrected chi connectivity index (χ1v) is 8.34. The maximum atomic E-state index is 5.80. The molecule has 1 aliphatic carbocycles. The lowest BCUT2D eigenvalue weighted by Crippen LogP contribution is -2.35. The molecule has 2 heterocycles. The summed E-state index contributed by atoms with van der Waals surface area (Å²) in [6.07, 6.45) is 12.2. The zero-order chi connectivity index (χ0) is 14.7. The minimum atomic E-state index is 0.215. The number of aromatic nitrogens is 5. The predicted octanol–water partition coefficient (Wildman–Crippen LogP) is 1.73. The van der Waals surface area contributed by atoms with Crippen molar-refractivity contribution in [3.05, 3.63) is 18.7 Å². The van der Waals surface area contributed by atoms with Crippen LogP contribution in [0.5, 0.6) is 0 Å². The molecular formula is C13H19N7S. The molecule has 2 aromatic rings. The number of rotatable bonds is 4. The number of nitrogen functional groups attached to an aromatic ring is 1. The Morgan fingerprint density at radius 1 is 1.29 bits per heavy atom. The molecule has 1 aliphatic rings. The van der Waals surface area contributed by atoms with Gasteiger partial charge in [-0.25, -0.2) is 4.98 Å². The molecule has 2 unspecified atom stereocenters.